The number of aromatic nitrogens is 1. The lowest BCUT2D eigenvalue weighted by molar-refractivity contribution is -0.0134. The van der Waals surface area contributed by atoms with Gasteiger partial charge in [-0.2, -0.15) is 0 Å². The van der Waals surface area contributed by atoms with Gasteiger partial charge in [0.05, 0.1) is 6.10 Å². The molecule has 21 heavy (non-hydrogen) atoms. The summed E-state index contributed by atoms with van der Waals surface area (Å²) < 4.78 is 0. The summed E-state index contributed by atoms with van der Waals surface area (Å²) in [7, 11) is 0. The Bertz CT molecular complexity index is 483. The molecule has 1 unspecified atom stereocenters. The van der Waals surface area contributed by atoms with Crippen molar-refractivity contribution < 1.29 is 9.94 Å². The molecular formula is C15H20ClN3O2. The second kappa shape index (κ2) is 8.82. The minimum atomic E-state index is -0.526. The van der Waals surface area contributed by atoms with Crippen LogP contribution >= 0.6 is 11.6 Å². The van der Waals surface area contributed by atoms with Crippen LogP contribution in [0.5, 0.6) is 0 Å². The highest BCUT2D eigenvalue weighted by atomic mass is 35.5. The first-order valence-corrected chi connectivity index (χ1v) is 7.42. The van der Waals surface area contributed by atoms with Crippen LogP contribution in [0.15, 0.2) is 35.4 Å². The van der Waals surface area contributed by atoms with E-state index in [0.717, 1.165) is 18.7 Å². The van der Waals surface area contributed by atoms with Gasteiger partial charge in [-0.3, -0.25) is 9.82 Å². The van der Waals surface area contributed by atoms with Crippen LogP contribution in [0.4, 0.5) is 0 Å². The largest absolute Gasteiger partial charge is 0.389 e. The van der Waals surface area contributed by atoms with Crippen molar-refractivity contribution in [3.05, 3.63) is 41.0 Å². The fraction of sp³-hybridized carbons (Fsp3) is 0.467. The number of nitrogens with one attached hydrogen (secondary N) is 1. The Hall–Kier alpha value is -1.36. The third-order valence-electron chi connectivity index (χ3n) is 3.16. The first-order valence-electron chi connectivity index (χ1n) is 7.04. The molecule has 0 spiro atoms. The molecule has 1 atom stereocenters. The van der Waals surface area contributed by atoms with Gasteiger partial charge >= 0.3 is 0 Å². The molecule has 2 N–H and O–H groups in total. The summed E-state index contributed by atoms with van der Waals surface area (Å²) >= 11 is 5.91. The first-order chi connectivity index (χ1) is 10.2. The topological polar surface area (TPSA) is 57.6 Å². The normalized spacial score (nSPS) is 16.3. The second-order valence-electron chi connectivity index (χ2n) is 4.96. The molecule has 1 saturated heterocycles. The maximum Gasteiger partial charge on any atom is 0.169 e. The summed E-state index contributed by atoms with van der Waals surface area (Å²) in [4.78, 5) is 11.4. The average Bonchev–Trinajstić information content (AvgIpc) is 2.99. The van der Waals surface area contributed by atoms with E-state index in [0.29, 0.717) is 6.54 Å². The number of pyridine rings is 1. The lowest BCUT2D eigenvalue weighted by Gasteiger charge is -2.18. The zero-order chi connectivity index (χ0) is 14.9. The van der Waals surface area contributed by atoms with Gasteiger partial charge in [0.2, 0.25) is 0 Å². The zero-order valence-electron chi connectivity index (χ0n) is 11.8. The van der Waals surface area contributed by atoms with E-state index >= 15 is 0 Å². The minimum absolute atomic E-state index is 0.182. The predicted octanol–water partition coefficient (Wildman–Crippen LogP) is 1.75. The Morgan fingerprint density at radius 2 is 2.38 bits per heavy atom. The van der Waals surface area contributed by atoms with Crippen LogP contribution < -0.4 is 5.48 Å². The van der Waals surface area contributed by atoms with Gasteiger partial charge < -0.3 is 10.0 Å². The molecule has 1 aliphatic rings. The average molecular weight is 310 g/mol. The molecular weight excluding hydrogens is 290 g/mol. The zero-order valence-corrected chi connectivity index (χ0v) is 12.6. The molecule has 2 heterocycles. The minimum Gasteiger partial charge on any atom is -0.389 e. The number of likely N-dealkylation sites (tertiary alicyclic amines) is 1. The Morgan fingerprint density at radius 3 is 3.10 bits per heavy atom. The second-order valence-corrected chi connectivity index (χ2v) is 5.34. The van der Waals surface area contributed by atoms with Crippen molar-refractivity contribution in [2.24, 2.45) is 0 Å². The number of hydroxylamine groups is 1. The van der Waals surface area contributed by atoms with Gasteiger partial charge in [0.15, 0.2) is 5.16 Å². The van der Waals surface area contributed by atoms with Crippen LogP contribution in [-0.4, -0.2) is 47.3 Å². The number of rotatable bonds is 7. The molecule has 2 rings (SSSR count). The number of hydrogen-bond donors (Lipinski definition) is 2. The molecule has 1 fully saturated rings. The molecule has 5 nitrogen and oxygen atoms in total. The highest BCUT2D eigenvalue weighted by Gasteiger charge is 2.15. The third kappa shape index (κ3) is 6.29. The van der Waals surface area contributed by atoms with Crippen molar-refractivity contribution >= 4 is 17.7 Å². The van der Waals surface area contributed by atoms with Crippen LogP contribution in [0.25, 0.3) is 6.08 Å². The standard InChI is InChI=1S/C15H20ClN3O2/c16-15(6-5-13-4-3-7-17-10-13)18-21-12-14(20)11-19-8-1-2-9-19/h3-5,7,10,14,18,20H,1-2,8-9,11-12H2. The number of β-amino-alcohol motifs (C(OH)–C–C–N with tert-alkyl or cyclic N) is 1. The van der Waals surface area contributed by atoms with Crippen molar-refractivity contribution in [3.8, 4) is 0 Å². The van der Waals surface area contributed by atoms with Gasteiger partial charge in [0, 0.05) is 24.5 Å². The van der Waals surface area contributed by atoms with Crippen molar-refractivity contribution in [3.63, 3.8) is 0 Å². The van der Waals surface area contributed by atoms with Gasteiger partial charge in [-0.05, 0) is 38.1 Å². The van der Waals surface area contributed by atoms with Gasteiger partial charge in [0.1, 0.15) is 6.61 Å². The maximum absolute atomic E-state index is 9.83. The Morgan fingerprint density at radius 1 is 1.57 bits per heavy atom. The van der Waals surface area contributed by atoms with Crippen molar-refractivity contribution in [2.45, 2.75) is 18.9 Å². The smallest absolute Gasteiger partial charge is 0.169 e. The molecule has 0 radical (unpaired) electrons. The number of halogens is 1. The Balaban J connectivity index is 1.68. The first kappa shape index (κ1) is 16.0. The summed E-state index contributed by atoms with van der Waals surface area (Å²) in [5.74, 6) is 0. The highest BCUT2D eigenvalue weighted by Crippen LogP contribution is 2.07. The third-order valence-corrected chi connectivity index (χ3v) is 3.34. The van der Waals surface area contributed by atoms with E-state index in [2.05, 4.69) is 21.1 Å². The molecule has 0 aliphatic carbocycles. The monoisotopic (exact) mass is 309 g/mol. The lowest BCUT2D eigenvalue weighted by Crippen LogP contribution is -2.34. The number of aliphatic hydroxyl groups is 1. The van der Waals surface area contributed by atoms with Gasteiger partial charge in [0.25, 0.3) is 0 Å². The molecule has 0 amide bonds. The summed E-state index contributed by atoms with van der Waals surface area (Å²) in [6.45, 7) is 2.92. The van der Waals surface area contributed by atoms with E-state index < -0.39 is 6.10 Å². The van der Waals surface area contributed by atoms with Crippen molar-refractivity contribution in [1.29, 1.82) is 0 Å². The molecule has 0 saturated carbocycles. The maximum atomic E-state index is 9.83. The van der Waals surface area contributed by atoms with Crippen molar-refractivity contribution in [2.75, 3.05) is 26.2 Å². The number of nitrogens with zero attached hydrogens (tertiary/aromatic N) is 2. The Kier molecular flexibility index (Phi) is 6.73. The summed E-state index contributed by atoms with van der Waals surface area (Å²) in [5, 5.41) is 10.1. The number of aliphatic hydroxyl groups excluding tert-OH is 1. The van der Waals surface area contributed by atoms with Crippen LogP contribution in [-0.2, 0) is 4.84 Å². The fourth-order valence-corrected chi connectivity index (χ4v) is 2.26. The summed E-state index contributed by atoms with van der Waals surface area (Å²) in [5.41, 5.74) is 6.28. The van der Waals surface area contributed by atoms with Crippen molar-refractivity contribution in [1.82, 2.24) is 15.4 Å². The van der Waals surface area contributed by atoms with E-state index in [1.54, 1.807) is 18.5 Å². The van der Waals surface area contributed by atoms with Crippen LogP contribution in [0.2, 0.25) is 0 Å². The van der Waals surface area contributed by atoms with Gasteiger partial charge in [-0.1, -0.05) is 23.4 Å². The van der Waals surface area contributed by atoms with Crippen LogP contribution in [0, 0.1) is 0 Å². The van der Waals surface area contributed by atoms with Crippen LogP contribution in [0.1, 0.15) is 18.4 Å². The quantitative estimate of drug-likeness (QED) is 0.456. The van der Waals surface area contributed by atoms with E-state index in [1.165, 1.54) is 12.8 Å². The molecule has 0 bridgehead atoms. The van der Waals surface area contributed by atoms with Crippen LogP contribution in [0.3, 0.4) is 0 Å². The van der Waals surface area contributed by atoms with E-state index in [1.807, 2.05) is 12.1 Å². The molecule has 0 aromatic carbocycles. The molecule has 6 heteroatoms. The summed E-state index contributed by atoms with van der Waals surface area (Å²) in [6.07, 6.45) is 7.00. The van der Waals surface area contributed by atoms with Gasteiger partial charge in [-0.25, -0.2) is 5.48 Å². The Labute approximate surface area is 129 Å². The molecule has 1 aliphatic heterocycles. The number of hydrogen-bond acceptors (Lipinski definition) is 5. The molecule has 1 aromatic rings. The fourth-order valence-electron chi connectivity index (χ4n) is 2.15. The van der Waals surface area contributed by atoms with E-state index in [-0.39, 0.29) is 11.8 Å². The molecule has 114 valence electrons. The molecule has 1 aromatic heterocycles. The van der Waals surface area contributed by atoms with E-state index in [4.69, 9.17) is 16.4 Å². The van der Waals surface area contributed by atoms with Gasteiger partial charge in [-0.15, -0.1) is 0 Å². The summed E-state index contributed by atoms with van der Waals surface area (Å²) in [6, 6.07) is 3.73. The predicted molar refractivity (Wildman–Crippen MR) is 82.3 cm³/mol. The SMILES string of the molecule is OC(CONC(Cl)=C=Cc1cccnc1)CN1CCCC1. The highest BCUT2D eigenvalue weighted by molar-refractivity contribution is 6.29. The lowest BCUT2D eigenvalue weighted by atomic mass is 10.3. The van der Waals surface area contributed by atoms with E-state index in [9.17, 15) is 5.11 Å².